The summed E-state index contributed by atoms with van der Waals surface area (Å²) in [7, 11) is 0. The fourth-order valence-corrected chi connectivity index (χ4v) is 1.19. The number of hydrogen-bond donors (Lipinski definition) is 1. The predicted molar refractivity (Wildman–Crippen MR) is 51.0 cm³/mol. The lowest BCUT2D eigenvalue weighted by Crippen LogP contribution is -2.32. The summed E-state index contributed by atoms with van der Waals surface area (Å²) < 4.78 is 10.5. The highest BCUT2D eigenvalue weighted by Crippen LogP contribution is 2.13. The summed E-state index contributed by atoms with van der Waals surface area (Å²) in [5, 5.41) is 8.64. The van der Waals surface area contributed by atoms with Crippen molar-refractivity contribution in [1.29, 1.82) is 0 Å². The van der Waals surface area contributed by atoms with Gasteiger partial charge in [0.25, 0.3) is 0 Å². The Hall–Kier alpha value is -1.62. The normalized spacial score (nSPS) is 19.3. The molecule has 1 aromatic rings. The highest BCUT2D eigenvalue weighted by Gasteiger charge is 2.18. The molecule has 0 spiro atoms. The van der Waals surface area contributed by atoms with Crippen LogP contribution in [0, 0.1) is 0 Å². The number of nitrogens with zero attached hydrogens (tertiary/aromatic N) is 1. The Morgan fingerprint density at radius 2 is 2.47 bits per heavy atom. The minimum atomic E-state index is -0.989. The average molecular weight is 209 g/mol. The number of hydrogen-bond acceptors (Lipinski definition) is 4. The monoisotopic (exact) mass is 209 g/mol. The quantitative estimate of drug-likeness (QED) is 0.799. The third kappa shape index (κ3) is 2.44. The third-order valence-corrected chi connectivity index (χ3v) is 2.19. The van der Waals surface area contributed by atoms with Crippen LogP contribution in [0.2, 0.25) is 0 Å². The Bertz CT molecular complexity index is 345. The van der Waals surface area contributed by atoms with E-state index in [0.717, 1.165) is 13.0 Å². The van der Waals surface area contributed by atoms with Gasteiger partial charge in [-0.1, -0.05) is 0 Å². The lowest BCUT2D eigenvalue weighted by molar-refractivity contribution is -0.0727. The van der Waals surface area contributed by atoms with Gasteiger partial charge in [-0.2, -0.15) is 0 Å². The van der Waals surface area contributed by atoms with Gasteiger partial charge in [0.1, 0.15) is 6.61 Å². The maximum Gasteiger partial charge on any atom is 0.337 e. The van der Waals surface area contributed by atoms with E-state index >= 15 is 0 Å². The van der Waals surface area contributed by atoms with Gasteiger partial charge in [-0.15, -0.1) is 0 Å². The number of aromatic nitrogens is 1. The summed E-state index contributed by atoms with van der Waals surface area (Å²) in [6.07, 6.45) is 2.44. The number of pyridine rings is 1. The number of carboxylic acid groups (broad SMARTS) is 1. The van der Waals surface area contributed by atoms with Gasteiger partial charge in [0.05, 0.1) is 11.7 Å². The molecule has 1 unspecified atom stereocenters. The molecule has 1 aromatic heterocycles. The van der Waals surface area contributed by atoms with E-state index in [1.807, 2.05) is 0 Å². The zero-order valence-corrected chi connectivity index (χ0v) is 8.05. The van der Waals surface area contributed by atoms with E-state index in [1.54, 1.807) is 6.07 Å². The van der Waals surface area contributed by atoms with Crippen LogP contribution in [0.3, 0.4) is 0 Å². The SMILES string of the molecule is O=C(O)c1ccc(OCC2CCO2)nc1. The van der Waals surface area contributed by atoms with Crippen LogP contribution in [0.1, 0.15) is 16.8 Å². The van der Waals surface area contributed by atoms with Crippen LogP contribution in [0.5, 0.6) is 5.88 Å². The van der Waals surface area contributed by atoms with E-state index in [2.05, 4.69) is 4.98 Å². The lowest BCUT2D eigenvalue weighted by atomic mass is 10.2. The fourth-order valence-electron chi connectivity index (χ4n) is 1.19. The van der Waals surface area contributed by atoms with Gasteiger partial charge in [0, 0.05) is 25.3 Å². The Labute approximate surface area is 86.7 Å². The molecule has 0 saturated carbocycles. The summed E-state index contributed by atoms with van der Waals surface area (Å²) in [6.45, 7) is 1.26. The number of aromatic carboxylic acids is 1. The molecule has 1 saturated heterocycles. The first-order chi connectivity index (χ1) is 7.25. The van der Waals surface area contributed by atoms with Crippen molar-refractivity contribution in [3.8, 4) is 5.88 Å². The summed E-state index contributed by atoms with van der Waals surface area (Å²) in [4.78, 5) is 14.4. The van der Waals surface area contributed by atoms with Gasteiger partial charge in [0.2, 0.25) is 5.88 Å². The van der Waals surface area contributed by atoms with Gasteiger partial charge < -0.3 is 14.6 Å². The zero-order chi connectivity index (χ0) is 10.7. The smallest absolute Gasteiger partial charge is 0.337 e. The zero-order valence-electron chi connectivity index (χ0n) is 8.05. The second-order valence-electron chi connectivity index (χ2n) is 3.28. The maximum atomic E-state index is 10.5. The van der Waals surface area contributed by atoms with Crippen molar-refractivity contribution >= 4 is 5.97 Å². The van der Waals surface area contributed by atoms with Crippen molar-refractivity contribution in [2.24, 2.45) is 0 Å². The standard InChI is InChI=1S/C10H11NO4/c12-10(13)7-1-2-9(11-5-7)15-6-8-3-4-14-8/h1-2,5,8H,3-4,6H2,(H,12,13). The van der Waals surface area contributed by atoms with Crippen LogP contribution in [-0.2, 0) is 4.74 Å². The van der Waals surface area contributed by atoms with Crippen LogP contribution in [-0.4, -0.2) is 35.4 Å². The topological polar surface area (TPSA) is 68.7 Å². The molecule has 15 heavy (non-hydrogen) atoms. The molecule has 0 aliphatic carbocycles. The molecule has 1 aliphatic heterocycles. The Morgan fingerprint density at radius 3 is 2.93 bits per heavy atom. The molecule has 80 valence electrons. The van der Waals surface area contributed by atoms with Crippen LogP contribution >= 0.6 is 0 Å². The molecule has 0 bridgehead atoms. The fraction of sp³-hybridized carbons (Fsp3) is 0.400. The van der Waals surface area contributed by atoms with Crippen molar-refractivity contribution in [2.45, 2.75) is 12.5 Å². The average Bonchev–Trinajstić information content (AvgIpc) is 2.16. The van der Waals surface area contributed by atoms with Crippen molar-refractivity contribution in [2.75, 3.05) is 13.2 Å². The van der Waals surface area contributed by atoms with Crippen LogP contribution in [0.25, 0.3) is 0 Å². The highest BCUT2D eigenvalue weighted by molar-refractivity contribution is 5.87. The predicted octanol–water partition coefficient (Wildman–Crippen LogP) is 0.947. The van der Waals surface area contributed by atoms with Gasteiger partial charge in [0.15, 0.2) is 0 Å². The summed E-state index contributed by atoms with van der Waals surface area (Å²) in [6, 6.07) is 3.01. The van der Waals surface area contributed by atoms with Crippen molar-refractivity contribution in [3.63, 3.8) is 0 Å². The molecular formula is C10H11NO4. The first kappa shape index (κ1) is 9.92. The van der Waals surface area contributed by atoms with E-state index in [-0.39, 0.29) is 11.7 Å². The molecule has 1 atom stereocenters. The van der Waals surface area contributed by atoms with Crippen molar-refractivity contribution in [3.05, 3.63) is 23.9 Å². The van der Waals surface area contributed by atoms with E-state index < -0.39 is 5.97 Å². The molecule has 1 N–H and O–H groups in total. The highest BCUT2D eigenvalue weighted by atomic mass is 16.5. The Kier molecular flexibility index (Phi) is 2.82. The first-order valence-corrected chi connectivity index (χ1v) is 4.69. The minimum absolute atomic E-state index is 0.155. The van der Waals surface area contributed by atoms with Crippen LogP contribution in [0.15, 0.2) is 18.3 Å². The van der Waals surface area contributed by atoms with E-state index in [4.69, 9.17) is 14.6 Å². The Morgan fingerprint density at radius 1 is 1.67 bits per heavy atom. The van der Waals surface area contributed by atoms with E-state index in [9.17, 15) is 4.79 Å². The second kappa shape index (κ2) is 4.27. The molecule has 1 aliphatic rings. The molecule has 5 nitrogen and oxygen atoms in total. The van der Waals surface area contributed by atoms with Gasteiger partial charge in [-0.3, -0.25) is 0 Å². The van der Waals surface area contributed by atoms with Crippen molar-refractivity contribution < 1.29 is 19.4 Å². The second-order valence-corrected chi connectivity index (χ2v) is 3.28. The Balaban J connectivity index is 1.88. The third-order valence-electron chi connectivity index (χ3n) is 2.19. The van der Waals surface area contributed by atoms with E-state index in [1.165, 1.54) is 12.3 Å². The number of carboxylic acids is 1. The molecule has 0 radical (unpaired) electrons. The van der Waals surface area contributed by atoms with E-state index in [0.29, 0.717) is 12.5 Å². The lowest BCUT2D eigenvalue weighted by Gasteiger charge is -2.25. The summed E-state index contributed by atoms with van der Waals surface area (Å²) >= 11 is 0. The molecule has 0 aromatic carbocycles. The molecule has 5 heteroatoms. The number of carbonyl (C=O) groups is 1. The maximum absolute atomic E-state index is 10.5. The molecule has 2 rings (SSSR count). The molecular weight excluding hydrogens is 198 g/mol. The number of rotatable bonds is 4. The first-order valence-electron chi connectivity index (χ1n) is 4.69. The summed E-state index contributed by atoms with van der Waals surface area (Å²) in [5.74, 6) is -0.563. The molecule has 0 amide bonds. The van der Waals surface area contributed by atoms with Gasteiger partial charge in [-0.05, 0) is 6.07 Å². The molecule has 1 fully saturated rings. The van der Waals surface area contributed by atoms with Crippen LogP contribution < -0.4 is 4.74 Å². The minimum Gasteiger partial charge on any atom is -0.478 e. The van der Waals surface area contributed by atoms with Crippen molar-refractivity contribution in [1.82, 2.24) is 4.98 Å². The van der Waals surface area contributed by atoms with Gasteiger partial charge in [-0.25, -0.2) is 9.78 Å². The molecule has 2 heterocycles. The summed E-state index contributed by atoms with van der Waals surface area (Å²) in [5.41, 5.74) is 0.155. The number of ether oxygens (including phenoxy) is 2. The van der Waals surface area contributed by atoms with Crippen LogP contribution in [0.4, 0.5) is 0 Å². The largest absolute Gasteiger partial charge is 0.478 e. The van der Waals surface area contributed by atoms with Gasteiger partial charge >= 0.3 is 5.97 Å².